The third-order valence-corrected chi connectivity index (χ3v) is 7.00. The smallest absolute Gasteiger partial charge is 0.298 e. The minimum Gasteiger partial charge on any atom is -0.298 e. The summed E-state index contributed by atoms with van der Waals surface area (Å²) in [5.74, 6) is -4.24. The van der Waals surface area contributed by atoms with Crippen LogP contribution >= 0.6 is 22.9 Å². The number of hydrogen-bond acceptors (Lipinski definition) is 4. The van der Waals surface area contributed by atoms with Gasteiger partial charge in [0.25, 0.3) is 0 Å². The van der Waals surface area contributed by atoms with E-state index in [9.17, 15) is 40.3 Å². The molecule has 206 valence electrons. The lowest BCUT2D eigenvalue weighted by atomic mass is 9.91. The maximum absolute atomic E-state index is 14.3. The molecule has 5 nitrogen and oxygen atoms in total. The molecular formula is C25H17ClF7N3O2S. The van der Waals surface area contributed by atoms with Crippen molar-refractivity contribution in [2.45, 2.75) is 37.8 Å². The highest BCUT2D eigenvalue weighted by molar-refractivity contribution is 7.19. The quantitative estimate of drug-likeness (QED) is 0.209. The second kappa shape index (κ2) is 11.0. The van der Waals surface area contributed by atoms with Crippen molar-refractivity contribution in [3.8, 4) is 10.7 Å². The van der Waals surface area contributed by atoms with Gasteiger partial charge >= 0.3 is 18.0 Å². The predicted molar refractivity (Wildman–Crippen MR) is 130 cm³/mol. The number of carbonyl (C=O) groups excluding carboxylic acids is 1. The normalized spacial score (nSPS) is 13.0. The fraction of sp³-hybridized carbons (Fsp3) is 0.240. The lowest BCUT2D eigenvalue weighted by molar-refractivity contribution is -0.157. The zero-order chi connectivity index (χ0) is 28.5. The first-order valence-electron chi connectivity index (χ1n) is 11.2. The van der Waals surface area contributed by atoms with Gasteiger partial charge in [-0.1, -0.05) is 48.0 Å². The summed E-state index contributed by atoms with van der Waals surface area (Å²) in [4.78, 5) is 26.3. The molecule has 14 heteroatoms. The second-order valence-electron chi connectivity index (χ2n) is 8.51. The summed E-state index contributed by atoms with van der Waals surface area (Å²) in [6.45, 7) is -1.18. The first kappa shape index (κ1) is 28.6. The Balaban J connectivity index is 1.66. The van der Waals surface area contributed by atoms with Crippen molar-refractivity contribution in [3.63, 3.8) is 0 Å². The molecule has 0 spiro atoms. The number of Topliss-reactive ketones (excluding diaryl/α,β-unsaturated/α-hetero) is 1. The number of aromatic nitrogens is 3. The maximum Gasteiger partial charge on any atom is 0.416 e. The number of hydrogen-bond donors (Lipinski definition) is 0. The number of benzene rings is 2. The van der Waals surface area contributed by atoms with E-state index in [4.69, 9.17) is 11.6 Å². The average molecular weight is 592 g/mol. The molecule has 4 rings (SSSR count). The van der Waals surface area contributed by atoms with E-state index < -0.39 is 59.7 Å². The van der Waals surface area contributed by atoms with Crippen LogP contribution in [0, 0.1) is 5.82 Å². The highest BCUT2D eigenvalue weighted by Crippen LogP contribution is 2.40. The van der Waals surface area contributed by atoms with E-state index in [1.54, 1.807) is 6.07 Å². The lowest BCUT2D eigenvalue weighted by Crippen LogP contribution is -2.30. The molecular weight excluding hydrogens is 575 g/mol. The Kier molecular flexibility index (Phi) is 8.03. The van der Waals surface area contributed by atoms with Gasteiger partial charge in [-0.3, -0.25) is 9.36 Å². The molecule has 1 atom stereocenters. The van der Waals surface area contributed by atoms with Crippen LogP contribution in [0.2, 0.25) is 4.34 Å². The van der Waals surface area contributed by atoms with Gasteiger partial charge in [0.15, 0.2) is 11.6 Å². The van der Waals surface area contributed by atoms with E-state index in [1.165, 1.54) is 30.3 Å². The number of nitrogens with zero attached hydrogens (tertiary/aromatic N) is 3. The average Bonchev–Trinajstić information content (AvgIpc) is 3.41. The van der Waals surface area contributed by atoms with Gasteiger partial charge in [0.2, 0.25) is 0 Å². The Morgan fingerprint density at radius 3 is 2.33 bits per heavy atom. The summed E-state index contributed by atoms with van der Waals surface area (Å²) < 4.78 is 97.0. The van der Waals surface area contributed by atoms with Gasteiger partial charge in [0, 0.05) is 12.0 Å². The van der Waals surface area contributed by atoms with Crippen LogP contribution in [0.1, 0.15) is 29.0 Å². The van der Waals surface area contributed by atoms with Gasteiger partial charge in [-0.05, 0) is 29.8 Å². The number of rotatable bonds is 8. The molecule has 0 saturated carbocycles. The van der Waals surface area contributed by atoms with Crippen molar-refractivity contribution < 1.29 is 35.5 Å². The molecule has 0 amide bonds. The first-order chi connectivity index (χ1) is 18.2. The van der Waals surface area contributed by atoms with Crippen molar-refractivity contribution in [3.05, 3.63) is 98.0 Å². The number of thiophene rings is 1. The molecule has 0 saturated heterocycles. The van der Waals surface area contributed by atoms with Crippen LogP contribution in [-0.2, 0) is 24.1 Å². The Labute approximate surface area is 225 Å². The Bertz CT molecular complexity index is 1560. The van der Waals surface area contributed by atoms with Gasteiger partial charge in [0.1, 0.15) is 12.4 Å². The van der Waals surface area contributed by atoms with E-state index in [-0.39, 0.29) is 17.9 Å². The molecule has 2 heterocycles. The van der Waals surface area contributed by atoms with Crippen molar-refractivity contribution in [1.29, 1.82) is 0 Å². The molecule has 4 aromatic rings. The Morgan fingerprint density at radius 2 is 1.72 bits per heavy atom. The van der Waals surface area contributed by atoms with E-state index in [0.717, 1.165) is 28.0 Å². The van der Waals surface area contributed by atoms with Crippen LogP contribution in [0.15, 0.2) is 65.5 Å². The van der Waals surface area contributed by atoms with E-state index >= 15 is 0 Å². The van der Waals surface area contributed by atoms with Gasteiger partial charge in [0.05, 0.1) is 27.2 Å². The minimum absolute atomic E-state index is 0.0122. The Morgan fingerprint density at radius 1 is 1.00 bits per heavy atom. The molecule has 39 heavy (non-hydrogen) atoms. The third kappa shape index (κ3) is 6.59. The number of alkyl halides is 6. The van der Waals surface area contributed by atoms with Crippen LogP contribution < -0.4 is 5.69 Å². The molecule has 0 radical (unpaired) electrons. The van der Waals surface area contributed by atoms with Crippen LogP contribution in [0.3, 0.4) is 0 Å². The van der Waals surface area contributed by atoms with Crippen LogP contribution in [0.4, 0.5) is 30.7 Å². The third-order valence-electron chi connectivity index (χ3n) is 5.77. The SMILES string of the molecule is O=C(CC(c1cccc(C(F)(F)F)c1)C(F)(F)F)Cn1nc(-c2ccc(Cl)s2)n(Cc2ccccc2F)c1=O. The summed E-state index contributed by atoms with van der Waals surface area (Å²) >= 11 is 7.02. The van der Waals surface area contributed by atoms with Crippen molar-refractivity contribution in [2.75, 3.05) is 0 Å². The van der Waals surface area contributed by atoms with Crippen LogP contribution in [-0.4, -0.2) is 26.3 Å². The molecule has 0 aliphatic carbocycles. The second-order valence-corrected chi connectivity index (χ2v) is 10.2. The van der Waals surface area contributed by atoms with Gasteiger partial charge in [-0.25, -0.2) is 13.9 Å². The topological polar surface area (TPSA) is 56.9 Å². The molecule has 0 bridgehead atoms. The zero-order valence-corrected chi connectivity index (χ0v) is 21.1. The predicted octanol–water partition coefficient (Wildman–Crippen LogP) is 6.94. The molecule has 0 aliphatic rings. The molecule has 2 aromatic heterocycles. The van der Waals surface area contributed by atoms with Gasteiger partial charge < -0.3 is 0 Å². The summed E-state index contributed by atoms with van der Waals surface area (Å²) in [6, 6.07) is 11.3. The standard InChI is InChI=1S/C25H17ClF7N3O2S/c26-21-9-8-20(39-21)22-34-36(23(38)35(22)12-15-4-1-2-7-19(15)27)13-17(37)11-18(25(31,32)33)14-5-3-6-16(10-14)24(28,29)30/h1-10,18H,11-13H2. The molecule has 0 N–H and O–H groups in total. The van der Waals surface area contributed by atoms with Crippen molar-refractivity contribution in [1.82, 2.24) is 14.3 Å². The van der Waals surface area contributed by atoms with E-state index in [2.05, 4.69) is 5.10 Å². The highest BCUT2D eigenvalue weighted by atomic mass is 35.5. The van der Waals surface area contributed by atoms with Crippen molar-refractivity contribution >= 4 is 28.7 Å². The van der Waals surface area contributed by atoms with Gasteiger partial charge in [-0.2, -0.15) is 26.3 Å². The number of halogens is 8. The largest absolute Gasteiger partial charge is 0.416 e. The first-order valence-corrected chi connectivity index (χ1v) is 12.4. The fourth-order valence-electron chi connectivity index (χ4n) is 3.91. The van der Waals surface area contributed by atoms with E-state index in [1.807, 2.05) is 0 Å². The molecule has 0 fully saturated rings. The molecule has 2 aromatic carbocycles. The zero-order valence-electron chi connectivity index (χ0n) is 19.6. The van der Waals surface area contributed by atoms with Crippen molar-refractivity contribution in [2.24, 2.45) is 0 Å². The monoisotopic (exact) mass is 591 g/mol. The van der Waals surface area contributed by atoms with Crippen LogP contribution in [0.25, 0.3) is 10.7 Å². The maximum atomic E-state index is 14.3. The van der Waals surface area contributed by atoms with Gasteiger partial charge in [-0.15, -0.1) is 16.4 Å². The Hall–Kier alpha value is -3.45. The number of ketones is 1. The lowest BCUT2D eigenvalue weighted by Gasteiger charge is -2.21. The molecule has 0 aliphatic heterocycles. The summed E-state index contributed by atoms with van der Waals surface area (Å²) in [5, 5.41) is 4.09. The number of carbonyl (C=O) groups is 1. The summed E-state index contributed by atoms with van der Waals surface area (Å²) in [7, 11) is 0. The minimum atomic E-state index is -5.05. The van der Waals surface area contributed by atoms with E-state index in [0.29, 0.717) is 26.0 Å². The highest BCUT2D eigenvalue weighted by Gasteiger charge is 2.43. The summed E-state index contributed by atoms with van der Waals surface area (Å²) in [5.41, 5.74) is -2.80. The molecule has 1 unspecified atom stereocenters. The van der Waals surface area contributed by atoms with Crippen LogP contribution in [0.5, 0.6) is 0 Å². The fourth-order valence-corrected chi connectivity index (χ4v) is 4.95. The summed E-state index contributed by atoms with van der Waals surface area (Å²) in [6.07, 6.45) is -11.2.